The number of rotatable bonds is 6. The topological polar surface area (TPSA) is 12.0 Å². The third-order valence-corrected chi connectivity index (χ3v) is 4.28. The lowest BCUT2D eigenvalue weighted by atomic mass is 9.93. The fourth-order valence-corrected chi connectivity index (χ4v) is 3.06. The van der Waals surface area contributed by atoms with Crippen LogP contribution in [0.1, 0.15) is 62.6 Å². The van der Waals surface area contributed by atoms with Crippen molar-refractivity contribution in [1.29, 1.82) is 0 Å². The van der Waals surface area contributed by atoms with Crippen LogP contribution in [-0.2, 0) is 0 Å². The summed E-state index contributed by atoms with van der Waals surface area (Å²) in [5.74, 6) is 0.742. The first-order chi connectivity index (χ1) is 9.20. The molecule has 2 rings (SSSR count). The molecule has 0 radical (unpaired) electrons. The average molecular weight is 263 g/mol. The van der Waals surface area contributed by atoms with Crippen molar-refractivity contribution in [2.75, 3.05) is 6.54 Å². The van der Waals surface area contributed by atoms with E-state index in [4.69, 9.17) is 0 Å². The van der Waals surface area contributed by atoms with Crippen molar-refractivity contribution in [1.82, 2.24) is 5.32 Å². The molecular weight excluding hydrogens is 237 g/mol. The van der Waals surface area contributed by atoms with Gasteiger partial charge in [-0.05, 0) is 49.4 Å². The highest BCUT2D eigenvalue weighted by Gasteiger charge is 2.21. The maximum atomic E-state index is 13.7. The number of nitrogens with one attached hydrogen (secondary N) is 1. The molecule has 1 atom stereocenters. The number of benzene rings is 1. The van der Waals surface area contributed by atoms with Gasteiger partial charge in [0.2, 0.25) is 0 Å². The molecule has 106 valence electrons. The summed E-state index contributed by atoms with van der Waals surface area (Å²) in [5, 5.41) is 3.59. The zero-order chi connectivity index (χ0) is 13.7. The Hall–Kier alpha value is -0.890. The molecule has 1 aromatic carbocycles. The van der Waals surface area contributed by atoms with Gasteiger partial charge >= 0.3 is 0 Å². The van der Waals surface area contributed by atoms with Gasteiger partial charge in [-0.25, -0.2) is 4.39 Å². The normalized spacial score (nSPS) is 17.8. The Morgan fingerprint density at radius 2 is 2.05 bits per heavy atom. The zero-order valence-corrected chi connectivity index (χ0v) is 12.2. The van der Waals surface area contributed by atoms with Crippen molar-refractivity contribution in [3.63, 3.8) is 0 Å². The third kappa shape index (κ3) is 4.04. The molecule has 1 aliphatic carbocycles. The quantitative estimate of drug-likeness (QED) is 0.780. The first kappa shape index (κ1) is 14.5. The Balaban J connectivity index is 2.08. The third-order valence-electron chi connectivity index (χ3n) is 4.28. The molecular formula is C17H26FN. The van der Waals surface area contributed by atoms with Gasteiger partial charge in [-0.3, -0.25) is 0 Å². The smallest absolute Gasteiger partial charge is 0.126 e. The highest BCUT2D eigenvalue weighted by molar-refractivity contribution is 5.26. The van der Waals surface area contributed by atoms with Crippen molar-refractivity contribution in [3.05, 3.63) is 35.1 Å². The summed E-state index contributed by atoms with van der Waals surface area (Å²) < 4.78 is 13.7. The van der Waals surface area contributed by atoms with Gasteiger partial charge in [0, 0.05) is 6.04 Å². The summed E-state index contributed by atoms with van der Waals surface area (Å²) in [6.45, 7) is 5.01. The Kier molecular flexibility index (Phi) is 5.38. The minimum absolute atomic E-state index is 0.0766. The molecule has 1 saturated carbocycles. The molecule has 2 heteroatoms. The van der Waals surface area contributed by atoms with Crippen LogP contribution in [0, 0.1) is 18.7 Å². The van der Waals surface area contributed by atoms with Crippen LogP contribution in [0.2, 0.25) is 0 Å². The highest BCUT2D eigenvalue weighted by atomic mass is 19.1. The van der Waals surface area contributed by atoms with E-state index in [0.29, 0.717) is 6.04 Å². The van der Waals surface area contributed by atoms with Crippen molar-refractivity contribution in [2.45, 2.75) is 58.4 Å². The second-order valence-corrected chi connectivity index (χ2v) is 5.90. The van der Waals surface area contributed by atoms with Gasteiger partial charge in [-0.1, -0.05) is 44.7 Å². The van der Waals surface area contributed by atoms with Gasteiger partial charge < -0.3 is 5.32 Å². The second-order valence-electron chi connectivity index (χ2n) is 5.90. The lowest BCUT2D eigenvalue weighted by Crippen LogP contribution is -2.24. The molecule has 0 aliphatic heterocycles. The van der Waals surface area contributed by atoms with E-state index in [0.717, 1.165) is 36.4 Å². The van der Waals surface area contributed by atoms with Crippen molar-refractivity contribution >= 4 is 0 Å². The maximum absolute atomic E-state index is 13.7. The van der Waals surface area contributed by atoms with Gasteiger partial charge in [0.05, 0.1) is 0 Å². The Morgan fingerprint density at radius 3 is 2.68 bits per heavy atom. The fraction of sp³-hybridized carbons (Fsp3) is 0.647. The maximum Gasteiger partial charge on any atom is 0.126 e. The van der Waals surface area contributed by atoms with Crippen LogP contribution in [-0.4, -0.2) is 6.54 Å². The summed E-state index contributed by atoms with van der Waals surface area (Å²) in [6.07, 6.45) is 7.70. The molecule has 19 heavy (non-hydrogen) atoms. The fourth-order valence-electron chi connectivity index (χ4n) is 3.06. The van der Waals surface area contributed by atoms with E-state index in [-0.39, 0.29) is 5.82 Å². The number of hydrogen-bond donors (Lipinski definition) is 1. The van der Waals surface area contributed by atoms with Gasteiger partial charge in [0.1, 0.15) is 5.82 Å². The van der Waals surface area contributed by atoms with E-state index < -0.39 is 0 Å². The van der Waals surface area contributed by atoms with Gasteiger partial charge in [0.15, 0.2) is 0 Å². The first-order valence-electron chi connectivity index (χ1n) is 7.70. The largest absolute Gasteiger partial charge is 0.310 e. The van der Waals surface area contributed by atoms with Crippen LogP contribution in [0.5, 0.6) is 0 Å². The molecule has 0 bridgehead atoms. The van der Waals surface area contributed by atoms with Crippen LogP contribution >= 0.6 is 0 Å². The van der Waals surface area contributed by atoms with E-state index >= 15 is 0 Å². The van der Waals surface area contributed by atoms with E-state index in [9.17, 15) is 4.39 Å². The predicted molar refractivity (Wildman–Crippen MR) is 78.7 cm³/mol. The summed E-state index contributed by atoms with van der Waals surface area (Å²) in [4.78, 5) is 0. The van der Waals surface area contributed by atoms with Crippen LogP contribution in [0.15, 0.2) is 18.2 Å². The minimum Gasteiger partial charge on any atom is -0.310 e. The van der Waals surface area contributed by atoms with E-state index in [2.05, 4.69) is 18.3 Å². The molecule has 1 aromatic rings. The van der Waals surface area contributed by atoms with E-state index in [1.54, 1.807) is 6.07 Å². The summed E-state index contributed by atoms with van der Waals surface area (Å²) >= 11 is 0. The lowest BCUT2D eigenvalue weighted by molar-refractivity contribution is 0.394. The molecule has 0 amide bonds. The molecule has 1 nitrogen and oxygen atoms in total. The van der Waals surface area contributed by atoms with Crippen LogP contribution in [0.25, 0.3) is 0 Å². The monoisotopic (exact) mass is 263 g/mol. The Morgan fingerprint density at radius 1 is 1.32 bits per heavy atom. The van der Waals surface area contributed by atoms with E-state index in [1.165, 1.54) is 25.7 Å². The zero-order valence-electron chi connectivity index (χ0n) is 12.2. The molecule has 1 N–H and O–H groups in total. The first-order valence-corrected chi connectivity index (χ1v) is 7.70. The SMILES string of the molecule is CCCNC(CC1CCCC1)c1ccc(C)c(F)c1. The molecule has 0 saturated heterocycles. The Bertz CT molecular complexity index is 396. The van der Waals surface area contributed by atoms with E-state index in [1.807, 2.05) is 13.0 Å². The highest BCUT2D eigenvalue weighted by Crippen LogP contribution is 2.33. The number of halogens is 1. The standard InChI is InChI=1S/C17H26FN/c1-3-10-19-17(11-14-6-4-5-7-14)15-9-8-13(2)16(18)12-15/h8-9,12,14,17,19H,3-7,10-11H2,1-2H3. The van der Waals surface area contributed by atoms with Crippen LogP contribution in [0.3, 0.4) is 0 Å². The van der Waals surface area contributed by atoms with Gasteiger partial charge in [0.25, 0.3) is 0 Å². The number of aryl methyl sites for hydroxylation is 1. The molecule has 1 aliphatic rings. The molecule has 1 fully saturated rings. The molecule has 0 heterocycles. The van der Waals surface area contributed by atoms with Crippen LogP contribution < -0.4 is 5.32 Å². The predicted octanol–water partition coefficient (Wildman–Crippen LogP) is 4.76. The summed E-state index contributed by atoms with van der Waals surface area (Å²) in [5.41, 5.74) is 1.85. The minimum atomic E-state index is -0.0766. The van der Waals surface area contributed by atoms with Crippen LogP contribution in [0.4, 0.5) is 4.39 Å². The van der Waals surface area contributed by atoms with Crippen molar-refractivity contribution < 1.29 is 4.39 Å². The summed E-state index contributed by atoms with van der Waals surface area (Å²) in [6, 6.07) is 6.02. The molecule has 0 aromatic heterocycles. The Labute approximate surface area is 116 Å². The van der Waals surface area contributed by atoms with Gasteiger partial charge in [-0.15, -0.1) is 0 Å². The lowest BCUT2D eigenvalue weighted by Gasteiger charge is -2.22. The van der Waals surface area contributed by atoms with Gasteiger partial charge in [-0.2, -0.15) is 0 Å². The molecule has 0 spiro atoms. The molecule has 1 unspecified atom stereocenters. The summed E-state index contributed by atoms with van der Waals surface area (Å²) in [7, 11) is 0. The van der Waals surface area contributed by atoms with Crippen molar-refractivity contribution in [3.8, 4) is 0 Å². The van der Waals surface area contributed by atoms with Crippen molar-refractivity contribution in [2.24, 2.45) is 5.92 Å². The average Bonchev–Trinajstić information content (AvgIpc) is 2.91. The second kappa shape index (κ2) is 7.04. The number of hydrogen-bond acceptors (Lipinski definition) is 1.